The Kier molecular flexibility index (Phi) is 7.46. The molecule has 1 fully saturated rings. The number of nitrogens with one attached hydrogen (secondary N) is 2. The molecule has 0 aliphatic carbocycles. The van der Waals surface area contributed by atoms with Gasteiger partial charge >= 0.3 is 0 Å². The second kappa shape index (κ2) is 10.3. The summed E-state index contributed by atoms with van der Waals surface area (Å²) in [5, 5.41) is 6.16. The number of hydrogen-bond donors (Lipinski definition) is 2. The molecule has 2 aromatic carbocycles. The van der Waals surface area contributed by atoms with Gasteiger partial charge in [0.1, 0.15) is 11.5 Å². The molecule has 30 heavy (non-hydrogen) atoms. The fourth-order valence-electron chi connectivity index (χ4n) is 3.50. The van der Waals surface area contributed by atoms with E-state index < -0.39 is 0 Å². The predicted octanol–water partition coefficient (Wildman–Crippen LogP) is 3.58. The van der Waals surface area contributed by atoms with Crippen molar-refractivity contribution in [2.24, 2.45) is 0 Å². The van der Waals surface area contributed by atoms with Crippen LogP contribution in [0.5, 0.6) is 5.75 Å². The molecule has 1 aliphatic rings. The van der Waals surface area contributed by atoms with Gasteiger partial charge in [-0.1, -0.05) is 26.0 Å². The molecule has 2 N–H and O–H groups in total. The van der Waals surface area contributed by atoms with Crippen molar-refractivity contribution in [3.05, 3.63) is 54.1 Å². The Morgan fingerprint density at radius 3 is 2.43 bits per heavy atom. The first-order valence-electron chi connectivity index (χ1n) is 10.5. The fraction of sp³-hybridized carbons (Fsp3) is 0.417. The standard InChI is InChI=1S/C24H31N3O3/c1-17(2)19-4-10-23(11-5-19)30-16-24(29)26-20-6-8-22(9-7-20)27-13-12-21(15-27)25-14-18(3)28/h4-11,17,21,25H,12-16H2,1-3H3,(H,26,29). The zero-order valence-corrected chi connectivity index (χ0v) is 18.0. The molecule has 0 aromatic heterocycles. The number of ether oxygens (including phenoxy) is 1. The average Bonchev–Trinajstić information content (AvgIpc) is 3.21. The summed E-state index contributed by atoms with van der Waals surface area (Å²) in [6.07, 6.45) is 1.02. The number of rotatable bonds is 9. The molecule has 160 valence electrons. The number of ketones is 1. The molecule has 0 radical (unpaired) electrons. The smallest absolute Gasteiger partial charge is 0.262 e. The fourth-order valence-corrected chi connectivity index (χ4v) is 3.50. The van der Waals surface area contributed by atoms with Gasteiger partial charge in [-0.2, -0.15) is 0 Å². The summed E-state index contributed by atoms with van der Waals surface area (Å²) < 4.78 is 5.58. The summed E-state index contributed by atoms with van der Waals surface area (Å²) in [6, 6.07) is 16.0. The van der Waals surface area contributed by atoms with Gasteiger partial charge in [0.05, 0.1) is 6.54 Å². The molecule has 0 spiro atoms. The molecule has 1 saturated heterocycles. The van der Waals surface area contributed by atoms with Gasteiger partial charge in [0.2, 0.25) is 0 Å². The van der Waals surface area contributed by atoms with E-state index in [2.05, 4.69) is 29.4 Å². The second-order valence-electron chi connectivity index (χ2n) is 8.12. The van der Waals surface area contributed by atoms with E-state index in [-0.39, 0.29) is 18.3 Å². The molecule has 0 bridgehead atoms. The number of amides is 1. The van der Waals surface area contributed by atoms with E-state index in [1.54, 1.807) is 6.92 Å². The van der Waals surface area contributed by atoms with Crippen LogP contribution in [0.15, 0.2) is 48.5 Å². The van der Waals surface area contributed by atoms with Crippen LogP contribution in [0.1, 0.15) is 38.7 Å². The number of carbonyl (C=O) groups is 2. The van der Waals surface area contributed by atoms with Crippen molar-refractivity contribution in [2.75, 3.05) is 36.5 Å². The Hall–Kier alpha value is -2.86. The minimum absolute atomic E-state index is 0.0294. The van der Waals surface area contributed by atoms with E-state index in [0.717, 1.165) is 30.9 Å². The van der Waals surface area contributed by atoms with Gasteiger partial charge in [-0.25, -0.2) is 0 Å². The van der Waals surface area contributed by atoms with Crippen LogP contribution in [0.4, 0.5) is 11.4 Å². The van der Waals surface area contributed by atoms with Crippen LogP contribution in [0.2, 0.25) is 0 Å². The van der Waals surface area contributed by atoms with Crippen LogP contribution in [-0.4, -0.2) is 44.0 Å². The Balaban J connectivity index is 1.45. The van der Waals surface area contributed by atoms with Crippen LogP contribution >= 0.6 is 0 Å². The van der Waals surface area contributed by atoms with Crippen molar-refractivity contribution < 1.29 is 14.3 Å². The third kappa shape index (κ3) is 6.32. The SMILES string of the molecule is CC(=O)CNC1CCN(c2ccc(NC(=O)COc3ccc(C(C)C)cc3)cc2)C1. The number of carbonyl (C=O) groups excluding carboxylic acids is 2. The molecule has 6 heteroatoms. The Morgan fingerprint density at radius 2 is 1.80 bits per heavy atom. The van der Waals surface area contributed by atoms with E-state index in [1.807, 2.05) is 48.5 Å². The highest BCUT2D eigenvalue weighted by Crippen LogP contribution is 2.23. The van der Waals surface area contributed by atoms with Gasteiger partial charge in [-0.15, -0.1) is 0 Å². The van der Waals surface area contributed by atoms with Gasteiger partial charge in [0.25, 0.3) is 5.91 Å². The van der Waals surface area contributed by atoms with Crippen molar-refractivity contribution in [2.45, 2.75) is 39.2 Å². The normalized spacial score (nSPS) is 16.0. The number of anilines is 2. The van der Waals surface area contributed by atoms with Gasteiger partial charge in [0, 0.05) is 30.5 Å². The van der Waals surface area contributed by atoms with Crippen LogP contribution in [-0.2, 0) is 9.59 Å². The summed E-state index contributed by atoms with van der Waals surface area (Å²) in [7, 11) is 0. The third-order valence-corrected chi connectivity index (χ3v) is 5.26. The van der Waals surface area contributed by atoms with E-state index in [4.69, 9.17) is 4.74 Å². The zero-order chi connectivity index (χ0) is 21.5. The van der Waals surface area contributed by atoms with E-state index in [0.29, 0.717) is 24.3 Å². The maximum atomic E-state index is 12.2. The van der Waals surface area contributed by atoms with Crippen LogP contribution in [0.25, 0.3) is 0 Å². The quantitative estimate of drug-likeness (QED) is 0.662. The number of Topliss-reactive ketones (excluding diaryl/α,β-unsaturated/α-hetero) is 1. The monoisotopic (exact) mass is 409 g/mol. The lowest BCUT2D eigenvalue weighted by Crippen LogP contribution is -2.35. The average molecular weight is 410 g/mol. The number of nitrogens with zero attached hydrogens (tertiary/aromatic N) is 1. The largest absolute Gasteiger partial charge is 0.484 e. The van der Waals surface area contributed by atoms with Crippen molar-refractivity contribution in [3.63, 3.8) is 0 Å². The summed E-state index contributed by atoms with van der Waals surface area (Å²) >= 11 is 0. The second-order valence-corrected chi connectivity index (χ2v) is 8.12. The Bertz CT molecular complexity index is 847. The molecule has 3 rings (SSSR count). The summed E-state index contributed by atoms with van der Waals surface area (Å²) in [6.45, 7) is 8.10. The molecule has 0 saturated carbocycles. The minimum Gasteiger partial charge on any atom is -0.484 e. The van der Waals surface area contributed by atoms with Crippen molar-refractivity contribution in [3.8, 4) is 5.75 Å². The highest BCUT2D eigenvalue weighted by Gasteiger charge is 2.22. The van der Waals surface area contributed by atoms with E-state index in [1.165, 1.54) is 5.56 Å². The lowest BCUT2D eigenvalue weighted by molar-refractivity contribution is -0.118. The number of benzene rings is 2. The first kappa shape index (κ1) is 21.8. The predicted molar refractivity (Wildman–Crippen MR) is 120 cm³/mol. The molecule has 1 unspecified atom stereocenters. The van der Waals surface area contributed by atoms with Crippen LogP contribution in [0.3, 0.4) is 0 Å². The summed E-state index contributed by atoms with van der Waals surface area (Å²) in [4.78, 5) is 25.6. The van der Waals surface area contributed by atoms with E-state index in [9.17, 15) is 9.59 Å². The van der Waals surface area contributed by atoms with Gasteiger partial charge in [-0.3, -0.25) is 9.59 Å². The van der Waals surface area contributed by atoms with Gasteiger partial charge in [-0.05, 0) is 61.2 Å². The van der Waals surface area contributed by atoms with Crippen molar-refractivity contribution in [1.82, 2.24) is 5.32 Å². The highest BCUT2D eigenvalue weighted by atomic mass is 16.5. The van der Waals surface area contributed by atoms with Crippen molar-refractivity contribution in [1.29, 1.82) is 0 Å². The maximum Gasteiger partial charge on any atom is 0.262 e. The molecule has 1 aliphatic heterocycles. The minimum atomic E-state index is -0.189. The molecule has 1 heterocycles. The van der Waals surface area contributed by atoms with Gasteiger partial charge < -0.3 is 20.3 Å². The van der Waals surface area contributed by atoms with Crippen LogP contribution < -0.4 is 20.3 Å². The molecule has 1 atom stereocenters. The number of hydrogen-bond acceptors (Lipinski definition) is 5. The Morgan fingerprint density at radius 1 is 1.10 bits per heavy atom. The first-order valence-corrected chi connectivity index (χ1v) is 10.5. The van der Waals surface area contributed by atoms with Crippen LogP contribution in [0, 0.1) is 0 Å². The zero-order valence-electron chi connectivity index (χ0n) is 18.0. The maximum absolute atomic E-state index is 12.2. The topological polar surface area (TPSA) is 70.7 Å². The highest BCUT2D eigenvalue weighted by molar-refractivity contribution is 5.92. The first-order chi connectivity index (χ1) is 14.4. The summed E-state index contributed by atoms with van der Waals surface area (Å²) in [5.41, 5.74) is 3.10. The van der Waals surface area contributed by atoms with Gasteiger partial charge in [0.15, 0.2) is 6.61 Å². The lowest BCUT2D eigenvalue weighted by atomic mass is 10.0. The third-order valence-electron chi connectivity index (χ3n) is 5.26. The van der Waals surface area contributed by atoms with E-state index >= 15 is 0 Å². The molecule has 6 nitrogen and oxygen atoms in total. The lowest BCUT2D eigenvalue weighted by Gasteiger charge is -2.19. The summed E-state index contributed by atoms with van der Waals surface area (Å²) in [5.74, 6) is 1.12. The Labute approximate surface area is 178 Å². The molecule has 1 amide bonds. The van der Waals surface area contributed by atoms with Crippen molar-refractivity contribution >= 4 is 23.1 Å². The molecular weight excluding hydrogens is 378 g/mol. The molecular formula is C24H31N3O3. The molecule has 2 aromatic rings.